The maximum absolute atomic E-state index is 13.1. The number of carbonyl (C=O) groups excluding carboxylic acids is 1. The molecule has 4 rings (SSSR count). The van der Waals surface area contributed by atoms with Crippen molar-refractivity contribution in [1.29, 1.82) is 0 Å². The number of nitrogens with zero attached hydrogens (tertiary/aromatic N) is 1. The van der Waals surface area contributed by atoms with Crippen molar-refractivity contribution in [1.82, 2.24) is 9.62 Å². The first-order valence-corrected chi connectivity index (χ1v) is 11.9. The molecule has 1 fully saturated rings. The molecule has 9 heteroatoms. The Hall–Kier alpha value is -2.10. The average molecular weight is 437 g/mol. The standard InChI is InChI=1S/C20H24N2O5S2/c1-13-8-19(14(2)28-13)29(24,25)22-7-3-4-15(11-22)10-21-20(23)16-5-6-17-18(9-16)27-12-26-17/h5-6,8-9,15H,3-4,7,10-12H2,1-2H3,(H,21,23)/t15-/m1/s1. The molecule has 1 amide bonds. The number of hydrogen-bond acceptors (Lipinski definition) is 6. The van der Waals surface area contributed by atoms with Crippen LogP contribution in [0, 0.1) is 19.8 Å². The third kappa shape index (κ3) is 4.12. The minimum atomic E-state index is -3.50. The number of piperidine rings is 1. The summed E-state index contributed by atoms with van der Waals surface area (Å²) < 4.78 is 38.2. The molecule has 1 aromatic heterocycles. The number of hydrogen-bond donors (Lipinski definition) is 1. The smallest absolute Gasteiger partial charge is 0.251 e. The zero-order valence-electron chi connectivity index (χ0n) is 16.4. The molecule has 0 radical (unpaired) electrons. The van der Waals surface area contributed by atoms with Gasteiger partial charge < -0.3 is 14.8 Å². The number of sulfonamides is 1. The van der Waals surface area contributed by atoms with Gasteiger partial charge >= 0.3 is 0 Å². The van der Waals surface area contributed by atoms with E-state index in [0.717, 1.165) is 22.6 Å². The van der Waals surface area contributed by atoms with Crippen LogP contribution in [0.2, 0.25) is 0 Å². The van der Waals surface area contributed by atoms with Gasteiger partial charge in [0.15, 0.2) is 11.5 Å². The van der Waals surface area contributed by atoms with Crippen LogP contribution in [0.15, 0.2) is 29.2 Å². The van der Waals surface area contributed by atoms with Gasteiger partial charge in [0, 0.05) is 35.0 Å². The van der Waals surface area contributed by atoms with Crippen LogP contribution in [0.3, 0.4) is 0 Å². The molecule has 1 N–H and O–H groups in total. The zero-order valence-corrected chi connectivity index (χ0v) is 18.1. The van der Waals surface area contributed by atoms with E-state index in [1.807, 2.05) is 13.8 Å². The van der Waals surface area contributed by atoms with Gasteiger partial charge in [-0.15, -0.1) is 11.3 Å². The van der Waals surface area contributed by atoms with E-state index in [-0.39, 0.29) is 18.6 Å². The second kappa shape index (κ2) is 7.97. The molecule has 3 heterocycles. The minimum Gasteiger partial charge on any atom is -0.454 e. The van der Waals surface area contributed by atoms with Gasteiger partial charge in [-0.2, -0.15) is 4.31 Å². The summed E-state index contributed by atoms with van der Waals surface area (Å²) in [6, 6.07) is 6.83. The quantitative estimate of drug-likeness (QED) is 0.779. The Morgan fingerprint density at radius 3 is 2.79 bits per heavy atom. The lowest BCUT2D eigenvalue weighted by atomic mass is 9.99. The maximum Gasteiger partial charge on any atom is 0.251 e. The fourth-order valence-electron chi connectivity index (χ4n) is 3.79. The zero-order chi connectivity index (χ0) is 20.6. The van der Waals surface area contributed by atoms with E-state index in [2.05, 4.69) is 5.32 Å². The van der Waals surface area contributed by atoms with Crippen LogP contribution in [0.5, 0.6) is 11.5 Å². The number of carbonyl (C=O) groups is 1. The molecule has 1 saturated heterocycles. The summed E-state index contributed by atoms with van der Waals surface area (Å²) in [6.07, 6.45) is 1.67. The Kier molecular flexibility index (Phi) is 5.54. The molecule has 0 bridgehead atoms. The van der Waals surface area contributed by atoms with Gasteiger partial charge in [0.2, 0.25) is 16.8 Å². The highest BCUT2D eigenvalue weighted by molar-refractivity contribution is 7.89. The first-order valence-electron chi connectivity index (χ1n) is 9.59. The maximum atomic E-state index is 13.1. The van der Waals surface area contributed by atoms with E-state index in [0.29, 0.717) is 41.6 Å². The predicted molar refractivity (Wildman–Crippen MR) is 110 cm³/mol. The highest BCUT2D eigenvalue weighted by Gasteiger charge is 2.32. The first kappa shape index (κ1) is 20.2. The minimum absolute atomic E-state index is 0.0801. The summed E-state index contributed by atoms with van der Waals surface area (Å²) >= 11 is 1.50. The summed E-state index contributed by atoms with van der Waals surface area (Å²) in [6.45, 7) is 5.29. The number of thiophene rings is 1. The van der Waals surface area contributed by atoms with Crippen LogP contribution in [0.25, 0.3) is 0 Å². The number of rotatable bonds is 5. The van der Waals surface area contributed by atoms with Crippen molar-refractivity contribution in [3.05, 3.63) is 39.6 Å². The molecule has 1 aromatic carbocycles. The topological polar surface area (TPSA) is 84.9 Å². The van der Waals surface area contributed by atoms with E-state index in [1.165, 1.54) is 11.3 Å². The van der Waals surface area contributed by atoms with E-state index < -0.39 is 10.0 Å². The van der Waals surface area contributed by atoms with Crippen LogP contribution >= 0.6 is 11.3 Å². The molecular weight excluding hydrogens is 412 g/mol. The molecule has 0 saturated carbocycles. The summed E-state index contributed by atoms with van der Waals surface area (Å²) in [7, 11) is -3.50. The number of benzene rings is 1. The molecule has 1 atom stereocenters. The van der Waals surface area contributed by atoms with Gasteiger partial charge in [-0.05, 0) is 56.9 Å². The lowest BCUT2D eigenvalue weighted by molar-refractivity contribution is 0.0941. The molecule has 2 aliphatic heterocycles. The van der Waals surface area contributed by atoms with E-state index in [1.54, 1.807) is 28.6 Å². The Morgan fingerprint density at radius 2 is 2.03 bits per heavy atom. The largest absolute Gasteiger partial charge is 0.454 e. The number of nitrogens with one attached hydrogen (secondary N) is 1. The highest BCUT2D eigenvalue weighted by Crippen LogP contribution is 2.33. The molecule has 0 unspecified atom stereocenters. The van der Waals surface area contributed by atoms with Gasteiger partial charge in [-0.25, -0.2) is 8.42 Å². The first-order chi connectivity index (χ1) is 13.8. The SMILES string of the molecule is Cc1cc(S(=O)(=O)N2CCC[C@H](CNC(=O)c3ccc4c(c3)OCO4)C2)c(C)s1. The molecule has 2 aromatic rings. The normalized spacial score (nSPS) is 19.3. The number of fused-ring (bicyclic) bond motifs is 1. The molecule has 2 aliphatic rings. The number of aryl methyl sites for hydroxylation is 2. The van der Waals surface area contributed by atoms with Crippen molar-refractivity contribution in [2.24, 2.45) is 5.92 Å². The predicted octanol–water partition coefficient (Wildman–Crippen LogP) is 2.92. The average Bonchev–Trinajstić information content (AvgIpc) is 3.31. The van der Waals surface area contributed by atoms with Gasteiger partial charge in [0.1, 0.15) is 0 Å². The lowest BCUT2D eigenvalue weighted by Gasteiger charge is -2.32. The number of amides is 1. The second-order valence-electron chi connectivity index (χ2n) is 7.43. The monoisotopic (exact) mass is 436 g/mol. The van der Waals surface area contributed by atoms with Crippen LogP contribution in [0.1, 0.15) is 33.0 Å². The van der Waals surface area contributed by atoms with E-state index in [9.17, 15) is 13.2 Å². The van der Waals surface area contributed by atoms with Crippen LogP contribution in [-0.2, 0) is 10.0 Å². The Balaban J connectivity index is 1.39. The second-order valence-corrected chi connectivity index (χ2v) is 10.8. The molecule has 156 valence electrons. The van der Waals surface area contributed by atoms with Gasteiger partial charge in [-0.1, -0.05) is 0 Å². The van der Waals surface area contributed by atoms with E-state index in [4.69, 9.17) is 9.47 Å². The molecule has 0 spiro atoms. The Bertz CT molecular complexity index is 1030. The van der Waals surface area contributed by atoms with Gasteiger partial charge in [-0.3, -0.25) is 4.79 Å². The third-order valence-corrected chi connectivity index (χ3v) is 8.37. The van der Waals surface area contributed by atoms with Crippen LogP contribution < -0.4 is 14.8 Å². The highest BCUT2D eigenvalue weighted by atomic mass is 32.2. The summed E-state index contributed by atoms with van der Waals surface area (Å²) in [5.74, 6) is 1.08. The Labute approximate surface area is 174 Å². The summed E-state index contributed by atoms with van der Waals surface area (Å²) in [4.78, 5) is 14.7. The van der Waals surface area contributed by atoms with Crippen molar-refractivity contribution >= 4 is 27.3 Å². The van der Waals surface area contributed by atoms with Crippen molar-refractivity contribution in [2.45, 2.75) is 31.6 Å². The van der Waals surface area contributed by atoms with Crippen molar-refractivity contribution in [2.75, 3.05) is 26.4 Å². The van der Waals surface area contributed by atoms with Gasteiger partial charge in [0.25, 0.3) is 5.91 Å². The van der Waals surface area contributed by atoms with Crippen molar-refractivity contribution < 1.29 is 22.7 Å². The molecule has 29 heavy (non-hydrogen) atoms. The fourth-order valence-corrected chi connectivity index (χ4v) is 6.87. The molecule has 0 aliphatic carbocycles. The molecule has 7 nitrogen and oxygen atoms in total. The van der Waals surface area contributed by atoms with Crippen LogP contribution in [-0.4, -0.2) is 45.1 Å². The Morgan fingerprint density at radius 1 is 1.24 bits per heavy atom. The summed E-state index contributed by atoms with van der Waals surface area (Å²) in [5, 5.41) is 2.93. The van der Waals surface area contributed by atoms with Crippen LogP contribution in [0.4, 0.5) is 0 Å². The third-order valence-electron chi connectivity index (χ3n) is 5.28. The number of ether oxygens (including phenoxy) is 2. The summed E-state index contributed by atoms with van der Waals surface area (Å²) in [5.41, 5.74) is 0.499. The van der Waals surface area contributed by atoms with Crippen molar-refractivity contribution in [3.63, 3.8) is 0 Å². The van der Waals surface area contributed by atoms with Gasteiger partial charge in [0.05, 0.1) is 4.90 Å². The fraction of sp³-hybridized carbons (Fsp3) is 0.450. The van der Waals surface area contributed by atoms with Crippen molar-refractivity contribution in [3.8, 4) is 11.5 Å². The lowest BCUT2D eigenvalue weighted by Crippen LogP contribution is -2.43. The molecular formula is C20H24N2O5S2. The van der Waals surface area contributed by atoms with E-state index >= 15 is 0 Å².